The van der Waals surface area contributed by atoms with Crippen molar-refractivity contribution in [2.24, 2.45) is 0 Å². The predicted octanol–water partition coefficient (Wildman–Crippen LogP) is 1.40. The highest BCUT2D eigenvalue weighted by atomic mass is 16.6. The first-order chi connectivity index (χ1) is 4.59. The number of nitro groups is 1. The normalized spacial score (nSPS) is 11.5. The smallest absolute Gasteiger partial charge is 0.269 e. The van der Waals surface area contributed by atoms with Crippen LogP contribution in [0.5, 0.6) is 0 Å². The molecule has 0 heterocycles. The van der Waals surface area contributed by atoms with Crippen molar-refractivity contribution < 1.29 is 9.72 Å². The average molecular weight is 163 g/mol. The van der Waals surface area contributed by atoms with Crippen LogP contribution in [0.1, 0.15) is 26.7 Å². The van der Waals surface area contributed by atoms with Crippen molar-refractivity contribution in [1.29, 1.82) is 0 Å². The van der Waals surface area contributed by atoms with Crippen LogP contribution < -0.4 is 6.15 Å². The molecule has 0 bridgehead atoms. The number of hydrogen-bond acceptors (Lipinski definition) is 3. The highest BCUT2D eigenvalue weighted by Gasteiger charge is 2.23. The largest absolute Gasteiger partial charge is 0.369 e. The van der Waals surface area contributed by atoms with Gasteiger partial charge in [-0.05, 0) is 6.42 Å². The van der Waals surface area contributed by atoms with Gasteiger partial charge in [0, 0.05) is 18.3 Å². The summed E-state index contributed by atoms with van der Waals surface area (Å²) in [6.45, 7) is 3.07. The molecule has 0 aromatic rings. The van der Waals surface area contributed by atoms with E-state index in [4.69, 9.17) is 0 Å². The van der Waals surface area contributed by atoms with Crippen LogP contribution in [0.4, 0.5) is 0 Å². The molecule has 0 rings (SSSR count). The topological polar surface area (TPSA) is 96.7 Å². The van der Waals surface area contributed by atoms with E-state index in [1.807, 2.05) is 6.92 Å². The summed E-state index contributed by atoms with van der Waals surface area (Å²) in [6, 6.07) is -0.981. The molecule has 0 aliphatic rings. The van der Waals surface area contributed by atoms with E-state index >= 15 is 0 Å². The van der Waals surface area contributed by atoms with Gasteiger partial charge in [0.25, 0.3) is 6.04 Å². The molecule has 66 valence electrons. The number of carbonyl (C=O) groups is 1. The van der Waals surface area contributed by atoms with E-state index in [1.165, 1.54) is 6.92 Å². The fourth-order valence-electron chi connectivity index (χ4n) is 0.731. The zero-order valence-electron chi connectivity index (χ0n) is 7.16. The minimum atomic E-state index is -0.981. The molecule has 0 spiro atoms. The Balaban J connectivity index is 0. The van der Waals surface area contributed by atoms with E-state index in [0.717, 1.165) is 0 Å². The Bertz CT molecular complexity index is 133. The maximum Gasteiger partial charge on any atom is 0.269 e. The molecule has 11 heavy (non-hydrogen) atoms. The summed E-state index contributed by atoms with van der Waals surface area (Å²) in [4.78, 5) is 20.1. The standard InChI is InChI=1S/C6H11NO3.H3N/c1-3-4-6(5(2)8)7(9)10;/h6H,3-4H2,1-2H3;1H3/p+1. The summed E-state index contributed by atoms with van der Waals surface area (Å²) in [5, 5.41) is 10.1. The van der Waals surface area contributed by atoms with Gasteiger partial charge in [-0.15, -0.1) is 0 Å². The van der Waals surface area contributed by atoms with Gasteiger partial charge >= 0.3 is 0 Å². The van der Waals surface area contributed by atoms with Crippen molar-refractivity contribution in [2.75, 3.05) is 0 Å². The molecule has 0 aliphatic carbocycles. The fourth-order valence-corrected chi connectivity index (χ4v) is 0.731. The highest BCUT2D eigenvalue weighted by molar-refractivity contribution is 5.79. The lowest BCUT2D eigenvalue weighted by atomic mass is 10.1. The minimum Gasteiger partial charge on any atom is -0.369 e. The third-order valence-electron chi connectivity index (χ3n) is 1.29. The van der Waals surface area contributed by atoms with Gasteiger partial charge < -0.3 is 6.15 Å². The van der Waals surface area contributed by atoms with Crippen LogP contribution >= 0.6 is 0 Å². The first-order valence-corrected chi connectivity index (χ1v) is 3.23. The Kier molecular flexibility index (Phi) is 6.67. The van der Waals surface area contributed by atoms with E-state index in [1.54, 1.807) is 0 Å². The number of quaternary nitrogens is 1. The SMILES string of the molecule is CCCC(C(C)=O)[N+](=O)[O-].[NH4+]. The van der Waals surface area contributed by atoms with E-state index in [2.05, 4.69) is 0 Å². The molecular weight excluding hydrogens is 148 g/mol. The lowest BCUT2D eigenvalue weighted by Gasteiger charge is -2.01. The van der Waals surface area contributed by atoms with E-state index in [9.17, 15) is 14.9 Å². The molecule has 0 fully saturated rings. The van der Waals surface area contributed by atoms with Gasteiger partial charge in [-0.25, -0.2) is 0 Å². The predicted molar refractivity (Wildman–Crippen MR) is 42.4 cm³/mol. The second-order valence-corrected chi connectivity index (χ2v) is 2.20. The Hall–Kier alpha value is -0.970. The number of Topliss-reactive ketones (excluding diaryl/α,β-unsaturated/α-hetero) is 1. The molecule has 0 aromatic carbocycles. The third kappa shape index (κ3) is 4.44. The summed E-state index contributed by atoms with van der Waals surface area (Å²) in [6.07, 6.45) is 1.02. The van der Waals surface area contributed by atoms with Crippen LogP contribution in [-0.2, 0) is 4.79 Å². The van der Waals surface area contributed by atoms with Crippen molar-refractivity contribution in [1.82, 2.24) is 6.15 Å². The molecule has 0 amide bonds. The summed E-state index contributed by atoms with van der Waals surface area (Å²) in [5.74, 6) is -0.355. The van der Waals surface area contributed by atoms with Crippen molar-refractivity contribution in [3.8, 4) is 0 Å². The maximum atomic E-state index is 10.5. The number of rotatable bonds is 4. The molecular formula is C6H15N2O3+. The fraction of sp³-hybridized carbons (Fsp3) is 0.833. The Labute approximate surface area is 65.5 Å². The molecule has 4 N–H and O–H groups in total. The number of nitrogens with zero attached hydrogens (tertiary/aromatic N) is 1. The second kappa shape index (κ2) is 5.79. The lowest BCUT2D eigenvalue weighted by molar-refractivity contribution is -0.508. The van der Waals surface area contributed by atoms with Crippen molar-refractivity contribution in [3.05, 3.63) is 10.1 Å². The van der Waals surface area contributed by atoms with Crippen LogP contribution in [0.15, 0.2) is 0 Å². The zero-order chi connectivity index (χ0) is 8.15. The van der Waals surface area contributed by atoms with Crippen LogP contribution in [0.25, 0.3) is 0 Å². The molecule has 0 aliphatic heterocycles. The molecule has 0 aromatic heterocycles. The van der Waals surface area contributed by atoms with E-state index in [-0.39, 0.29) is 11.9 Å². The van der Waals surface area contributed by atoms with Gasteiger partial charge in [-0.2, -0.15) is 0 Å². The molecule has 1 atom stereocenters. The highest BCUT2D eigenvalue weighted by Crippen LogP contribution is 2.01. The second-order valence-electron chi connectivity index (χ2n) is 2.20. The first-order valence-electron chi connectivity index (χ1n) is 3.23. The van der Waals surface area contributed by atoms with Crippen LogP contribution in [0, 0.1) is 10.1 Å². The van der Waals surface area contributed by atoms with Crippen LogP contribution in [0.2, 0.25) is 0 Å². The van der Waals surface area contributed by atoms with Crippen LogP contribution in [0.3, 0.4) is 0 Å². The Morgan fingerprint density at radius 2 is 2.09 bits per heavy atom. The maximum absolute atomic E-state index is 10.5. The Morgan fingerprint density at radius 3 is 2.18 bits per heavy atom. The van der Waals surface area contributed by atoms with E-state index < -0.39 is 11.0 Å². The molecule has 0 saturated heterocycles. The van der Waals surface area contributed by atoms with Gasteiger partial charge in [0.1, 0.15) is 0 Å². The zero-order valence-corrected chi connectivity index (χ0v) is 7.16. The number of hydrogen-bond donors (Lipinski definition) is 1. The van der Waals surface area contributed by atoms with Gasteiger partial charge in [0.05, 0.1) is 0 Å². The molecule has 1 unspecified atom stereocenters. The van der Waals surface area contributed by atoms with Gasteiger partial charge in [-0.1, -0.05) is 6.92 Å². The summed E-state index contributed by atoms with van der Waals surface area (Å²) in [5.41, 5.74) is 0. The van der Waals surface area contributed by atoms with Gasteiger partial charge in [0.2, 0.25) is 5.78 Å². The van der Waals surface area contributed by atoms with Crippen LogP contribution in [-0.4, -0.2) is 16.7 Å². The Morgan fingerprint density at radius 1 is 1.64 bits per heavy atom. The van der Waals surface area contributed by atoms with Gasteiger partial charge in [-0.3, -0.25) is 14.9 Å². The number of carbonyl (C=O) groups excluding carboxylic acids is 1. The van der Waals surface area contributed by atoms with Crippen molar-refractivity contribution >= 4 is 5.78 Å². The molecule has 0 saturated carbocycles. The quantitative estimate of drug-likeness (QED) is 0.501. The average Bonchev–Trinajstić information content (AvgIpc) is 1.81. The van der Waals surface area contributed by atoms with Gasteiger partial charge in [0.15, 0.2) is 0 Å². The first kappa shape index (κ1) is 12.7. The molecule has 5 heteroatoms. The summed E-state index contributed by atoms with van der Waals surface area (Å²) in [7, 11) is 0. The minimum absolute atomic E-state index is 0. The molecule has 0 radical (unpaired) electrons. The summed E-state index contributed by atoms with van der Waals surface area (Å²) >= 11 is 0. The van der Waals surface area contributed by atoms with Crippen molar-refractivity contribution in [3.63, 3.8) is 0 Å². The van der Waals surface area contributed by atoms with E-state index in [0.29, 0.717) is 12.8 Å². The number of ketones is 1. The monoisotopic (exact) mass is 163 g/mol. The summed E-state index contributed by atoms with van der Waals surface area (Å²) < 4.78 is 0. The third-order valence-corrected chi connectivity index (χ3v) is 1.29. The molecule has 5 nitrogen and oxygen atoms in total. The van der Waals surface area contributed by atoms with Crippen molar-refractivity contribution in [2.45, 2.75) is 32.7 Å². The lowest BCUT2D eigenvalue weighted by Crippen LogP contribution is -2.26.